The van der Waals surface area contributed by atoms with Crippen LogP contribution in [-0.2, 0) is 10.7 Å². The lowest BCUT2D eigenvalue weighted by Gasteiger charge is -2.10. The van der Waals surface area contributed by atoms with Crippen molar-refractivity contribution in [3.8, 4) is 0 Å². The molecular formula is C12H13ClN2O2. The first-order chi connectivity index (χ1) is 8.19. The zero-order valence-corrected chi connectivity index (χ0v) is 9.96. The molecule has 1 fully saturated rings. The molecule has 0 radical (unpaired) electrons. The molecule has 1 aliphatic heterocycles. The van der Waals surface area contributed by atoms with Crippen LogP contribution in [0.3, 0.4) is 0 Å². The number of alkyl halides is 1. The Hall–Kier alpha value is -1.55. The molecule has 1 atom stereocenters. The summed E-state index contributed by atoms with van der Waals surface area (Å²) in [7, 11) is 0. The molecule has 2 N–H and O–H groups in total. The van der Waals surface area contributed by atoms with Crippen molar-refractivity contribution in [2.45, 2.75) is 18.3 Å². The standard InChI is InChI=1S/C12H13ClN2O2/c13-6-8-1-3-9(4-2-8)12(17)15-10-5-11(16)14-7-10/h1-4,10H,5-7H2,(H,14,16)(H,15,17). The van der Waals surface area contributed by atoms with Crippen LogP contribution in [-0.4, -0.2) is 24.4 Å². The molecule has 1 aromatic rings. The number of benzene rings is 1. The smallest absolute Gasteiger partial charge is 0.251 e. The molecule has 0 bridgehead atoms. The van der Waals surface area contributed by atoms with E-state index in [1.54, 1.807) is 12.1 Å². The number of rotatable bonds is 3. The highest BCUT2D eigenvalue weighted by atomic mass is 35.5. The maximum absolute atomic E-state index is 11.8. The van der Waals surface area contributed by atoms with E-state index in [2.05, 4.69) is 10.6 Å². The van der Waals surface area contributed by atoms with E-state index in [0.29, 0.717) is 24.4 Å². The lowest BCUT2D eigenvalue weighted by Crippen LogP contribution is -2.36. The van der Waals surface area contributed by atoms with Crippen LogP contribution >= 0.6 is 11.6 Å². The van der Waals surface area contributed by atoms with Crippen LogP contribution < -0.4 is 10.6 Å². The number of carbonyl (C=O) groups excluding carboxylic acids is 2. The van der Waals surface area contributed by atoms with Gasteiger partial charge in [0.2, 0.25) is 5.91 Å². The van der Waals surface area contributed by atoms with Gasteiger partial charge < -0.3 is 10.6 Å². The van der Waals surface area contributed by atoms with E-state index in [-0.39, 0.29) is 17.9 Å². The Bertz CT molecular complexity index is 431. The highest BCUT2D eigenvalue weighted by Gasteiger charge is 2.23. The fourth-order valence-electron chi connectivity index (χ4n) is 1.72. The van der Waals surface area contributed by atoms with Crippen molar-refractivity contribution in [2.24, 2.45) is 0 Å². The van der Waals surface area contributed by atoms with Crippen molar-refractivity contribution in [3.63, 3.8) is 0 Å². The van der Waals surface area contributed by atoms with Crippen LogP contribution in [0.4, 0.5) is 0 Å². The molecule has 0 aromatic heterocycles. The molecule has 1 heterocycles. The van der Waals surface area contributed by atoms with Gasteiger partial charge in [-0.15, -0.1) is 11.6 Å². The fourth-order valence-corrected chi connectivity index (χ4v) is 1.90. The molecule has 2 rings (SSSR count). The predicted octanol–water partition coefficient (Wildman–Crippen LogP) is 1.04. The molecule has 2 amide bonds. The molecule has 1 aliphatic rings. The number of amides is 2. The second-order valence-electron chi connectivity index (χ2n) is 4.01. The van der Waals surface area contributed by atoms with E-state index >= 15 is 0 Å². The van der Waals surface area contributed by atoms with Crippen molar-refractivity contribution in [3.05, 3.63) is 35.4 Å². The summed E-state index contributed by atoms with van der Waals surface area (Å²) in [6.07, 6.45) is 0.353. The van der Waals surface area contributed by atoms with Gasteiger partial charge in [0.05, 0.1) is 6.04 Å². The monoisotopic (exact) mass is 252 g/mol. The van der Waals surface area contributed by atoms with Gasteiger partial charge in [-0.3, -0.25) is 9.59 Å². The second kappa shape index (κ2) is 5.19. The van der Waals surface area contributed by atoms with Crippen LogP contribution in [0.1, 0.15) is 22.3 Å². The Morgan fingerprint density at radius 1 is 1.41 bits per heavy atom. The van der Waals surface area contributed by atoms with Gasteiger partial charge in [0.25, 0.3) is 5.91 Å². The van der Waals surface area contributed by atoms with Gasteiger partial charge in [-0.2, -0.15) is 0 Å². The summed E-state index contributed by atoms with van der Waals surface area (Å²) in [5, 5.41) is 5.48. The molecule has 1 saturated heterocycles. The van der Waals surface area contributed by atoms with Gasteiger partial charge in [-0.25, -0.2) is 0 Å². The maximum atomic E-state index is 11.8. The van der Waals surface area contributed by atoms with Gasteiger partial charge in [0.1, 0.15) is 0 Å². The van der Waals surface area contributed by atoms with Gasteiger partial charge in [-0.05, 0) is 17.7 Å². The van der Waals surface area contributed by atoms with Gasteiger partial charge in [0, 0.05) is 24.4 Å². The molecule has 0 spiro atoms. The van der Waals surface area contributed by atoms with Crippen LogP contribution in [0.2, 0.25) is 0 Å². The van der Waals surface area contributed by atoms with E-state index in [1.165, 1.54) is 0 Å². The first-order valence-electron chi connectivity index (χ1n) is 5.41. The van der Waals surface area contributed by atoms with Crippen LogP contribution in [0.15, 0.2) is 24.3 Å². The van der Waals surface area contributed by atoms with E-state index in [1.807, 2.05) is 12.1 Å². The summed E-state index contributed by atoms with van der Waals surface area (Å²) in [5.74, 6) is 0.253. The van der Waals surface area contributed by atoms with E-state index in [4.69, 9.17) is 11.6 Å². The highest BCUT2D eigenvalue weighted by molar-refractivity contribution is 6.17. The van der Waals surface area contributed by atoms with E-state index < -0.39 is 0 Å². The van der Waals surface area contributed by atoms with Crippen molar-refractivity contribution in [1.82, 2.24) is 10.6 Å². The minimum Gasteiger partial charge on any atom is -0.354 e. The highest BCUT2D eigenvalue weighted by Crippen LogP contribution is 2.08. The van der Waals surface area contributed by atoms with Crippen LogP contribution in [0.5, 0.6) is 0 Å². The Labute approximate surface area is 104 Å². The fraction of sp³-hybridized carbons (Fsp3) is 0.333. The summed E-state index contributed by atoms with van der Waals surface area (Å²) >= 11 is 5.67. The van der Waals surface area contributed by atoms with Crippen molar-refractivity contribution in [2.75, 3.05) is 6.54 Å². The molecule has 1 unspecified atom stereocenters. The van der Waals surface area contributed by atoms with E-state index in [0.717, 1.165) is 5.56 Å². The third-order valence-corrected chi connectivity index (χ3v) is 2.99. The Kier molecular flexibility index (Phi) is 3.64. The topological polar surface area (TPSA) is 58.2 Å². The zero-order chi connectivity index (χ0) is 12.3. The number of hydrogen-bond acceptors (Lipinski definition) is 2. The Morgan fingerprint density at radius 2 is 2.12 bits per heavy atom. The van der Waals surface area contributed by atoms with Gasteiger partial charge in [0.15, 0.2) is 0 Å². The van der Waals surface area contributed by atoms with Crippen LogP contribution in [0.25, 0.3) is 0 Å². The zero-order valence-electron chi connectivity index (χ0n) is 9.20. The summed E-state index contributed by atoms with van der Waals surface area (Å²) in [5.41, 5.74) is 1.55. The van der Waals surface area contributed by atoms with Crippen molar-refractivity contribution >= 4 is 23.4 Å². The SMILES string of the molecule is O=C1CC(NC(=O)c2ccc(CCl)cc2)CN1. The predicted molar refractivity (Wildman–Crippen MR) is 64.9 cm³/mol. The molecule has 0 aliphatic carbocycles. The lowest BCUT2D eigenvalue weighted by molar-refractivity contribution is -0.119. The van der Waals surface area contributed by atoms with Crippen molar-refractivity contribution < 1.29 is 9.59 Å². The Balaban J connectivity index is 1.97. The minimum atomic E-state index is -0.160. The van der Waals surface area contributed by atoms with Crippen molar-refractivity contribution in [1.29, 1.82) is 0 Å². The molecular weight excluding hydrogens is 240 g/mol. The largest absolute Gasteiger partial charge is 0.354 e. The van der Waals surface area contributed by atoms with Crippen LogP contribution in [0, 0.1) is 0 Å². The molecule has 0 saturated carbocycles. The number of halogens is 1. The summed E-state index contributed by atoms with van der Waals surface area (Å²) in [6.45, 7) is 0.504. The quantitative estimate of drug-likeness (QED) is 0.790. The molecule has 90 valence electrons. The second-order valence-corrected chi connectivity index (χ2v) is 4.28. The van der Waals surface area contributed by atoms with E-state index in [9.17, 15) is 9.59 Å². The molecule has 4 nitrogen and oxygen atoms in total. The average Bonchev–Trinajstić information content (AvgIpc) is 2.75. The minimum absolute atomic E-state index is 0.0206. The molecule has 1 aromatic carbocycles. The number of nitrogens with one attached hydrogen (secondary N) is 2. The number of carbonyl (C=O) groups is 2. The summed E-state index contributed by atoms with van der Waals surface area (Å²) < 4.78 is 0. The normalized spacial score (nSPS) is 18.9. The third-order valence-electron chi connectivity index (χ3n) is 2.68. The average molecular weight is 253 g/mol. The lowest BCUT2D eigenvalue weighted by atomic mass is 10.1. The number of hydrogen-bond donors (Lipinski definition) is 2. The third kappa shape index (κ3) is 2.97. The molecule has 5 heteroatoms. The first kappa shape index (κ1) is 11.9. The summed E-state index contributed by atoms with van der Waals surface area (Å²) in [6, 6.07) is 7.00. The summed E-state index contributed by atoms with van der Waals surface area (Å²) in [4.78, 5) is 22.8. The maximum Gasteiger partial charge on any atom is 0.251 e. The van der Waals surface area contributed by atoms with Gasteiger partial charge in [-0.1, -0.05) is 12.1 Å². The van der Waals surface area contributed by atoms with Gasteiger partial charge >= 0.3 is 0 Å². The first-order valence-corrected chi connectivity index (χ1v) is 5.95. The molecule has 17 heavy (non-hydrogen) atoms. The Morgan fingerprint density at radius 3 is 2.65 bits per heavy atom.